The standard InChI is InChI=1S/C18H28N2O3/c1-7-14(19-17(22)23-18(4,5)6)11-16(21)20-15-9-8-12(2)10-13(15)3/h8-10,14H,7,11H2,1-6H3,(H,19,22)(H,20,21). The number of carbonyl (C=O) groups excluding carboxylic acids is 2. The van der Waals surface area contributed by atoms with E-state index in [2.05, 4.69) is 10.6 Å². The van der Waals surface area contributed by atoms with Gasteiger partial charge in [-0.15, -0.1) is 0 Å². The smallest absolute Gasteiger partial charge is 0.407 e. The summed E-state index contributed by atoms with van der Waals surface area (Å²) in [5, 5.41) is 5.63. The first-order chi connectivity index (χ1) is 10.6. The van der Waals surface area contributed by atoms with Gasteiger partial charge < -0.3 is 15.4 Å². The number of amides is 2. The molecule has 2 N–H and O–H groups in total. The van der Waals surface area contributed by atoms with Crippen molar-refractivity contribution in [2.75, 3.05) is 5.32 Å². The van der Waals surface area contributed by atoms with Crippen molar-refractivity contribution in [3.63, 3.8) is 0 Å². The van der Waals surface area contributed by atoms with Crippen molar-refractivity contribution in [1.82, 2.24) is 5.32 Å². The minimum atomic E-state index is -0.552. The van der Waals surface area contributed by atoms with Crippen LogP contribution in [0.2, 0.25) is 0 Å². The number of ether oxygens (including phenoxy) is 1. The van der Waals surface area contributed by atoms with Gasteiger partial charge >= 0.3 is 6.09 Å². The largest absolute Gasteiger partial charge is 0.444 e. The highest BCUT2D eigenvalue weighted by Gasteiger charge is 2.20. The van der Waals surface area contributed by atoms with Crippen LogP contribution >= 0.6 is 0 Å². The van der Waals surface area contributed by atoms with Crippen LogP contribution in [0.4, 0.5) is 10.5 Å². The van der Waals surface area contributed by atoms with Gasteiger partial charge in [0.05, 0.1) is 0 Å². The summed E-state index contributed by atoms with van der Waals surface area (Å²) in [7, 11) is 0. The molecule has 0 aliphatic heterocycles. The van der Waals surface area contributed by atoms with Crippen molar-refractivity contribution in [1.29, 1.82) is 0 Å². The lowest BCUT2D eigenvalue weighted by molar-refractivity contribution is -0.116. The van der Waals surface area contributed by atoms with E-state index >= 15 is 0 Å². The first kappa shape index (κ1) is 19.0. The third-order valence-electron chi connectivity index (χ3n) is 3.30. The second kappa shape index (κ2) is 7.99. The summed E-state index contributed by atoms with van der Waals surface area (Å²) in [5.41, 5.74) is 2.42. The van der Waals surface area contributed by atoms with Gasteiger partial charge in [0.2, 0.25) is 5.91 Å². The number of rotatable bonds is 5. The SMILES string of the molecule is CCC(CC(=O)Nc1ccc(C)cc1C)NC(=O)OC(C)(C)C. The zero-order valence-electron chi connectivity index (χ0n) is 14.9. The van der Waals surface area contributed by atoms with Gasteiger partial charge in [-0.25, -0.2) is 4.79 Å². The van der Waals surface area contributed by atoms with Crippen molar-refractivity contribution >= 4 is 17.7 Å². The first-order valence-corrected chi connectivity index (χ1v) is 7.97. The summed E-state index contributed by atoms with van der Waals surface area (Å²) >= 11 is 0. The van der Waals surface area contributed by atoms with E-state index in [1.807, 2.05) is 39.0 Å². The molecule has 2 amide bonds. The lowest BCUT2D eigenvalue weighted by atomic mass is 10.1. The Morgan fingerprint density at radius 2 is 1.87 bits per heavy atom. The second-order valence-corrected chi connectivity index (χ2v) is 6.82. The molecule has 1 unspecified atom stereocenters. The number of nitrogens with one attached hydrogen (secondary N) is 2. The third kappa shape index (κ3) is 7.17. The quantitative estimate of drug-likeness (QED) is 0.863. The Hall–Kier alpha value is -2.04. The Kier molecular flexibility index (Phi) is 6.61. The lowest BCUT2D eigenvalue weighted by Gasteiger charge is -2.23. The molecule has 0 aliphatic carbocycles. The van der Waals surface area contributed by atoms with E-state index in [-0.39, 0.29) is 18.4 Å². The molecule has 0 aliphatic rings. The van der Waals surface area contributed by atoms with E-state index < -0.39 is 11.7 Å². The fourth-order valence-electron chi connectivity index (χ4n) is 2.15. The van der Waals surface area contributed by atoms with E-state index in [0.717, 1.165) is 16.8 Å². The molecular weight excluding hydrogens is 292 g/mol. The molecule has 0 radical (unpaired) electrons. The molecule has 1 aromatic rings. The number of hydrogen-bond acceptors (Lipinski definition) is 3. The number of aryl methyl sites for hydroxylation is 2. The minimum Gasteiger partial charge on any atom is -0.444 e. The molecule has 0 heterocycles. The molecule has 23 heavy (non-hydrogen) atoms. The van der Waals surface area contributed by atoms with Gasteiger partial charge in [0.1, 0.15) is 5.60 Å². The second-order valence-electron chi connectivity index (χ2n) is 6.82. The molecule has 1 rings (SSSR count). The summed E-state index contributed by atoms with van der Waals surface area (Å²) in [4.78, 5) is 24.0. The van der Waals surface area contributed by atoms with E-state index in [1.54, 1.807) is 20.8 Å². The number of alkyl carbamates (subject to hydrolysis) is 1. The Morgan fingerprint density at radius 1 is 1.22 bits per heavy atom. The van der Waals surface area contributed by atoms with Crippen molar-refractivity contribution in [2.24, 2.45) is 0 Å². The molecule has 0 saturated carbocycles. The van der Waals surface area contributed by atoms with Gasteiger partial charge in [-0.05, 0) is 52.7 Å². The molecule has 5 heteroatoms. The Balaban J connectivity index is 2.58. The maximum atomic E-state index is 12.2. The summed E-state index contributed by atoms with van der Waals surface area (Å²) in [5.74, 6) is -0.125. The molecule has 5 nitrogen and oxygen atoms in total. The van der Waals surface area contributed by atoms with Crippen LogP contribution in [0.3, 0.4) is 0 Å². The number of anilines is 1. The number of hydrogen-bond donors (Lipinski definition) is 2. The van der Waals surface area contributed by atoms with Crippen LogP contribution in [0.25, 0.3) is 0 Å². The summed E-state index contributed by atoms with van der Waals surface area (Å²) in [6.45, 7) is 11.3. The number of carbonyl (C=O) groups is 2. The van der Waals surface area contributed by atoms with Crippen LogP contribution in [0.1, 0.15) is 51.7 Å². The first-order valence-electron chi connectivity index (χ1n) is 7.97. The van der Waals surface area contributed by atoms with Crippen LogP contribution in [0.15, 0.2) is 18.2 Å². The molecule has 1 aromatic carbocycles. The van der Waals surface area contributed by atoms with Crippen molar-refractivity contribution in [2.45, 2.75) is 66.0 Å². The van der Waals surface area contributed by atoms with E-state index in [1.165, 1.54) is 0 Å². The predicted molar refractivity (Wildman–Crippen MR) is 92.6 cm³/mol. The normalized spacial score (nSPS) is 12.4. The Labute approximate surface area is 138 Å². The third-order valence-corrected chi connectivity index (χ3v) is 3.30. The van der Waals surface area contributed by atoms with Crippen LogP contribution in [-0.4, -0.2) is 23.6 Å². The van der Waals surface area contributed by atoms with Gasteiger partial charge in [-0.1, -0.05) is 24.6 Å². The highest BCUT2D eigenvalue weighted by Crippen LogP contribution is 2.16. The molecule has 0 spiro atoms. The van der Waals surface area contributed by atoms with Gasteiger partial charge in [-0.2, -0.15) is 0 Å². The highest BCUT2D eigenvalue weighted by molar-refractivity contribution is 5.92. The minimum absolute atomic E-state index is 0.125. The molecule has 0 bridgehead atoms. The monoisotopic (exact) mass is 320 g/mol. The topological polar surface area (TPSA) is 67.4 Å². The Bertz CT molecular complexity index is 562. The van der Waals surface area contributed by atoms with Gasteiger partial charge in [0.15, 0.2) is 0 Å². The van der Waals surface area contributed by atoms with Crippen LogP contribution in [0, 0.1) is 13.8 Å². The molecule has 0 aromatic heterocycles. The maximum Gasteiger partial charge on any atom is 0.407 e. The van der Waals surface area contributed by atoms with E-state index in [9.17, 15) is 9.59 Å². The summed E-state index contributed by atoms with van der Waals surface area (Å²) in [6, 6.07) is 5.62. The average molecular weight is 320 g/mol. The van der Waals surface area contributed by atoms with Crippen LogP contribution in [-0.2, 0) is 9.53 Å². The molecule has 0 fully saturated rings. The van der Waals surface area contributed by atoms with Crippen molar-refractivity contribution in [3.8, 4) is 0 Å². The molecular formula is C18H28N2O3. The lowest BCUT2D eigenvalue weighted by Crippen LogP contribution is -2.40. The summed E-state index contributed by atoms with van der Waals surface area (Å²) < 4.78 is 5.22. The zero-order chi connectivity index (χ0) is 17.6. The number of benzene rings is 1. The van der Waals surface area contributed by atoms with E-state index in [0.29, 0.717) is 6.42 Å². The Morgan fingerprint density at radius 3 is 2.39 bits per heavy atom. The van der Waals surface area contributed by atoms with E-state index in [4.69, 9.17) is 4.74 Å². The summed E-state index contributed by atoms with van der Waals surface area (Å²) in [6.07, 6.45) is 0.367. The van der Waals surface area contributed by atoms with Crippen molar-refractivity contribution in [3.05, 3.63) is 29.3 Å². The van der Waals surface area contributed by atoms with Crippen LogP contribution in [0.5, 0.6) is 0 Å². The molecule has 128 valence electrons. The maximum absolute atomic E-state index is 12.2. The fourth-order valence-corrected chi connectivity index (χ4v) is 2.15. The van der Waals surface area contributed by atoms with Gasteiger partial charge in [-0.3, -0.25) is 4.79 Å². The average Bonchev–Trinajstić information content (AvgIpc) is 2.39. The zero-order valence-corrected chi connectivity index (χ0v) is 14.9. The molecule has 0 saturated heterocycles. The van der Waals surface area contributed by atoms with Gasteiger partial charge in [0, 0.05) is 18.2 Å². The fraction of sp³-hybridized carbons (Fsp3) is 0.556. The highest BCUT2D eigenvalue weighted by atomic mass is 16.6. The van der Waals surface area contributed by atoms with Crippen molar-refractivity contribution < 1.29 is 14.3 Å². The predicted octanol–water partition coefficient (Wildman–Crippen LogP) is 3.94. The van der Waals surface area contributed by atoms with Crippen LogP contribution < -0.4 is 10.6 Å². The molecule has 1 atom stereocenters. The van der Waals surface area contributed by atoms with Gasteiger partial charge in [0.25, 0.3) is 0 Å².